The Morgan fingerprint density at radius 1 is 1.21 bits per heavy atom. The van der Waals surface area contributed by atoms with Gasteiger partial charge in [-0.3, -0.25) is 0 Å². The average Bonchev–Trinajstić information content (AvgIpc) is 2.98. The summed E-state index contributed by atoms with van der Waals surface area (Å²) in [5.74, 6) is 0. The summed E-state index contributed by atoms with van der Waals surface area (Å²) in [6.45, 7) is 3.06. The second-order valence-corrected chi connectivity index (χ2v) is 5.05. The fourth-order valence-electron chi connectivity index (χ4n) is 1.94. The van der Waals surface area contributed by atoms with Gasteiger partial charge in [-0.15, -0.1) is 15.1 Å². The number of benzene rings is 1. The summed E-state index contributed by atoms with van der Waals surface area (Å²) in [5.41, 5.74) is 1.13. The molecule has 1 aromatic heterocycles. The van der Waals surface area contributed by atoms with Crippen LogP contribution < -0.4 is 4.90 Å². The van der Waals surface area contributed by atoms with Gasteiger partial charge in [0, 0.05) is 18.7 Å². The lowest BCUT2D eigenvalue weighted by atomic mass is 10.2. The van der Waals surface area contributed by atoms with Crippen LogP contribution in [-0.4, -0.2) is 36.5 Å². The summed E-state index contributed by atoms with van der Waals surface area (Å²) in [6.07, 6.45) is 0. The van der Waals surface area contributed by atoms with E-state index in [-0.39, 0.29) is 0 Å². The van der Waals surface area contributed by atoms with Gasteiger partial charge in [0.2, 0.25) is 5.13 Å². The fraction of sp³-hybridized carbons (Fsp3) is 0.333. The summed E-state index contributed by atoms with van der Waals surface area (Å²) in [4.78, 5) is 12.9. The number of anilines is 1. The molecule has 1 aromatic carbocycles. The number of rotatable bonds is 3. The maximum Gasteiger partial charge on any atom is 0.208 e. The van der Waals surface area contributed by atoms with Gasteiger partial charge in [0.05, 0.1) is 13.2 Å². The van der Waals surface area contributed by atoms with E-state index in [1.165, 1.54) is 11.3 Å². The third kappa shape index (κ3) is 2.47. The number of morpholine rings is 1. The Morgan fingerprint density at radius 3 is 2.79 bits per heavy atom. The van der Waals surface area contributed by atoms with E-state index in [0.29, 0.717) is 18.9 Å². The van der Waals surface area contributed by atoms with Crippen LogP contribution in [0.3, 0.4) is 0 Å². The molecule has 3 rings (SSSR count). The molecule has 1 fully saturated rings. The lowest BCUT2D eigenvalue weighted by Crippen LogP contribution is -2.36. The van der Waals surface area contributed by atoms with Gasteiger partial charge < -0.3 is 9.64 Å². The van der Waals surface area contributed by atoms with Crippen LogP contribution in [0.5, 0.6) is 0 Å². The molecular weight excluding hydrogens is 264 g/mol. The van der Waals surface area contributed by atoms with Gasteiger partial charge in [-0.25, -0.2) is 0 Å². The van der Waals surface area contributed by atoms with Gasteiger partial charge in [-0.2, -0.15) is 0 Å². The van der Waals surface area contributed by atoms with E-state index in [1.807, 2.05) is 12.1 Å². The van der Waals surface area contributed by atoms with Crippen LogP contribution in [0.1, 0.15) is 0 Å². The molecule has 2 aromatic rings. The zero-order valence-corrected chi connectivity index (χ0v) is 11.0. The average molecular weight is 276 g/mol. The van der Waals surface area contributed by atoms with Crippen molar-refractivity contribution in [3.8, 4) is 10.6 Å². The molecule has 1 aliphatic rings. The third-order valence-corrected chi connectivity index (χ3v) is 3.95. The molecule has 0 atom stereocenters. The molecule has 0 radical (unpaired) electrons. The predicted octanol–water partition coefficient (Wildman–Crippen LogP) is 2.44. The Labute approximate surface area is 114 Å². The van der Waals surface area contributed by atoms with Gasteiger partial charge in [-0.05, 0) is 17.3 Å². The number of hydrogen-bond acceptors (Lipinski definition) is 7. The van der Waals surface area contributed by atoms with Gasteiger partial charge >= 0.3 is 0 Å². The number of nitroso groups, excluding NO2 is 1. The summed E-state index contributed by atoms with van der Waals surface area (Å²) >= 11 is 1.47. The molecule has 7 heteroatoms. The first-order valence-corrected chi connectivity index (χ1v) is 6.79. The highest BCUT2D eigenvalue weighted by molar-refractivity contribution is 7.18. The van der Waals surface area contributed by atoms with E-state index >= 15 is 0 Å². The molecule has 1 aliphatic heterocycles. The summed E-state index contributed by atoms with van der Waals surface area (Å²) in [6, 6.07) is 7.16. The first-order valence-electron chi connectivity index (χ1n) is 5.97. The number of aromatic nitrogens is 2. The number of nitrogens with zero attached hydrogens (tertiary/aromatic N) is 4. The maximum absolute atomic E-state index is 10.8. The van der Waals surface area contributed by atoms with E-state index < -0.39 is 0 Å². The van der Waals surface area contributed by atoms with Crippen LogP contribution in [-0.2, 0) is 4.74 Å². The quantitative estimate of drug-likeness (QED) is 0.805. The molecule has 0 unspecified atom stereocenters. The Kier molecular flexibility index (Phi) is 3.47. The van der Waals surface area contributed by atoms with E-state index in [9.17, 15) is 4.91 Å². The fourth-order valence-corrected chi connectivity index (χ4v) is 2.87. The van der Waals surface area contributed by atoms with Gasteiger partial charge in [0.25, 0.3) is 0 Å². The van der Waals surface area contributed by atoms with Crippen LogP contribution in [0.4, 0.5) is 10.8 Å². The minimum Gasteiger partial charge on any atom is -0.378 e. The standard InChI is InChI=1S/C12H12N4O2S/c17-15-10-4-2-1-3-9(10)11-13-14-12(19-11)16-5-7-18-8-6-16/h1-4H,5-8H2. The molecule has 0 bridgehead atoms. The molecule has 19 heavy (non-hydrogen) atoms. The van der Waals surface area contributed by atoms with Crippen LogP contribution in [0, 0.1) is 4.91 Å². The summed E-state index contributed by atoms with van der Waals surface area (Å²) in [7, 11) is 0. The predicted molar refractivity (Wildman–Crippen MR) is 73.8 cm³/mol. The second kappa shape index (κ2) is 5.41. The van der Waals surface area contributed by atoms with Crippen molar-refractivity contribution in [2.45, 2.75) is 0 Å². The molecule has 0 amide bonds. The molecular formula is C12H12N4O2S. The van der Waals surface area contributed by atoms with Crippen molar-refractivity contribution in [2.75, 3.05) is 31.2 Å². The molecule has 0 N–H and O–H groups in total. The smallest absolute Gasteiger partial charge is 0.208 e. The van der Waals surface area contributed by atoms with Crippen molar-refractivity contribution in [1.82, 2.24) is 10.2 Å². The SMILES string of the molecule is O=Nc1ccccc1-c1nnc(N2CCOCC2)s1. The van der Waals surface area contributed by atoms with E-state index in [0.717, 1.165) is 28.8 Å². The molecule has 6 nitrogen and oxygen atoms in total. The van der Waals surface area contributed by atoms with Crippen LogP contribution in [0.2, 0.25) is 0 Å². The normalized spacial score (nSPS) is 15.5. The van der Waals surface area contributed by atoms with E-state index in [1.54, 1.807) is 12.1 Å². The van der Waals surface area contributed by atoms with Crippen LogP contribution >= 0.6 is 11.3 Å². The first-order chi connectivity index (χ1) is 9.38. The Balaban J connectivity index is 1.90. The van der Waals surface area contributed by atoms with Crippen molar-refractivity contribution in [3.05, 3.63) is 29.2 Å². The Bertz CT molecular complexity index is 581. The van der Waals surface area contributed by atoms with Crippen LogP contribution in [0.15, 0.2) is 29.4 Å². The zero-order chi connectivity index (χ0) is 13.1. The minimum absolute atomic E-state index is 0.396. The number of hydrogen-bond donors (Lipinski definition) is 0. The lowest BCUT2D eigenvalue weighted by molar-refractivity contribution is 0.122. The van der Waals surface area contributed by atoms with Crippen molar-refractivity contribution in [2.24, 2.45) is 5.18 Å². The maximum atomic E-state index is 10.8. The molecule has 0 saturated carbocycles. The molecule has 0 aliphatic carbocycles. The molecule has 0 spiro atoms. The first kappa shape index (κ1) is 12.2. The van der Waals surface area contributed by atoms with Gasteiger partial charge in [-0.1, -0.05) is 23.5 Å². The van der Waals surface area contributed by atoms with Crippen molar-refractivity contribution >= 4 is 22.2 Å². The Morgan fingerprint density at radius 2 is 2.00 bits per heavy atom. The highest BCUT2D eigenvalue weighted by Gasteiger charge is 2.17. The summed E-state index contributed by atoms with van der Waals surface area (Å²) < 4.78 is 5.31. The van der Waals surface area contributed by atoms with Gasteiger partial charge in [0.1, 0.15) is 5.69 Å². The van der Waals surface area contributed by atoms with Crippen molar-refractivity contribution in [1.29, 1.82) is 0 Å². The van der Waals surface area contributed by atoms with E-state index in [4.69, 9.17) is 4.74 Å². The monoisotopic (exact) mass is 276 g/mol. The molecule has 98 valence electrons. The topological polar surface area (TPSA) is 67.7 Å². The molecule has 2 heterocycles. The number of ether oxygens (including phenoxy) is 1. The lowest BCUT2D eigenvalue weighted by Gasteiger charge is -2.25. The van der Waals surface area contributed by atoms with E-state index in [2.05, 4.69) is 20.3 Å². The minimum atomic E-state index is 0.396. The van der Waals surface area contributed by atoms with Gasteiger partial charge in [0.15, 0.2) is 5.01 Å². The second-order valence-electron chi connectivity index (χ2n) is 4.10. The third-order valence-electron chi connectivity index (χ3n) is 2.93. The van der Waals surface area contributed by atoms with Crippen molar-refractivity contribution < 1.29 is 4.74 Å². The Hall–Kier alpha value is -1.86. The highest BCUT2D eigenvalue weighted by Crippen LogP contribution is 2.34. The van der Waals surface area contributed by atoms with Crippen LogP contribution in [0.25, 0.3) is 10.6 Å². The zero-order valence-electron chi connectivity index (χ0n) is 10.2. The van der Waals surface area contributed by atoms with Crippen molar-refractivity contribution in [3.63, 3.8) is 0 Å². The largest absolute Gasteiger partial charge is 0.378 e. The highest BCUT2D eigenvalue weighted by atomic mass is 32.1. The molecule has 1 saturated heterocycles. The summed E-state index contributed by atoms with van der Waals surface area (Å²) in [5, 5.41) is 12.9.